The van der Waals surface area contributed by atoms with Crippen LogP contribution in [0.2, 0.25) is 5.28 Å². The quantitative estimate of drug-likeness (QED) is 0.138. The summed E-state index contributed by atoms with van der Waals surface area (Å²) in [6.07, 6.45) is 3.88. The van der Waals surface area contributed by atoms with Crippen LogP contribution in [0, 0.1) is 21.7 Å². The Morgan fingerprint density at radius 2 is 1.88 bits per heavy atom. The lowest BCUT2D eigenvalue weighted by Gasteiger charge is -2.13. The summed E-state index contributed by atoms with van der Waals surface area (Å²) in [6, 6.07) is 8.79. The molecule has 33 heavy (non-hydrogen) atoms. The number of nitrogens with zero attached hydrogens (tertiary/aromatic N) is 3. The number of thioether (sulfide) groups is 1. The van der Waals surface area contributed by atoms with Crippen LogP contribution in [0.4, 0.5) is 14.5 Å². The van der Waals surface area contributed by atoms with Gasteiger partial charge >= 0.3 is 0 Å². The smallest absolute Gasteiger partial charge is 0.273 e. The number of unbranched alkanes of at least 4 members (excludes halogenated alkanes) is 1. The van der Waals surface area contributed by atoms with E-state index in [2.05, 4.69) is 9.97 Å². The van der Waals surface area contributed by atoms with Crippen molar-refractivity contribution in [2.45, 2.75) is 18.6 Å². The molecule has 1 heterocycles. The van der Waals surface area contributed by atoms with Crippen molar-refractivity contribution in [2.24, 2.45) is 0 Å². The van der Waals surface area contributed by atoms with Crippen molar-refractivity contribution < 1.29 is 23.2 Å². The molecule has 0 spiro atoms. The Labute approximate surface area is 198 Å². The van der Waals surface area contributed by atoms with Gasteiger partial charge in [0.15, 0.2) is 17.4 Å². The van der Waals surface area contributed by atoms with E-state index >= 15 is 0 Å². The van der Waals surface area contributed by atoms with Crippen molar-refractivity contribution in [3.05, 3.63) is 75.2 Å². The molecule has 7 nitrogen and oxygen atoms in total. The summed E-state index contributed by atoms with van der Waals surface area (Å²) in [4.78, 5) is 18.1. The van der Waals surface area contributed by atoms with Crippen LogP contribution in [0.5, 0.6) is 11.5 Å². The van der Waals surface area contributed by atoms with Gasteiger partial charge in [-0.1, -0.05) is 6.07 Å². The molecule has 0 radical (unpaired) electrons. The van der Waals surface area contributed by atoms with Crippen molar-refractivity contribution in [1.29, 1.82) is 0 Å². The number of hydrogen-bond acceptors (Lipinski definition) is 7. The fourth-order valence-corrected chi connectivity index (χ4v) is 3.66. The van der Waals surface area contributed by atoms with E-state index in [1.165, 1.54) is 30.3 Å². The van der Waals surface area contributed by atoms with Gasteiger partial charge in [0.05, 0.1) is 30.4 Å². The first-order chi connectivity index (χ1) is 15.9. The van der Waals surface area contributed by atoms with Gasteiger partial charge in [0.25, 0.3) is 5.69 Å². The molecule has 0 aliphatic carbocycles. The summed E-state index contributed by atoms with van der Waals surface area (Å²) in [7, 11) is 0. The molecule has 1 aromatic heterocycles. The largest absolute Gasteiger partial charge is 0.493 e. The molecule has 0 aliphatic heterocycles. The van der Waals surface area contributed by atoms with E-state index in [9.17, 15) is 18.9 Å². The summed E-state index contributed by atoms with van der Waals surface area (Å²) in [5.41, 5.74) is 0.758. The average Bonchev–Trinajstić information content (AvgIpc) is 2.78. The van der Waals surface area contributed by atoms with Crippen LogP contribution in [0.25, 0.3) is 11.3 Å². The Morgan fingerprint density at radius 3 is 2.61 bits per heavy atom. The summed E-state index contributed by atoms with van der Waals surface area (Å²) < 4.78 is 39.7. The minimum Gasteiger partial charge on any atom is -0.493 e. The van der Waals surface area contributed by atoms with Crippen LogP contribution in [0.3, 0.4) is 0 Å². The molecule has 0 fully saturated rings. The van der Waals surface area contributed by atoms with E-state index in [-0.39, 0.29) is 34.6 Å². The molecule has 0 unspecified atom stereocenters. The molecule has 3 aromatic rings. The number of para-hydroxylation sites is 1. The number of hydrogen-bond donors (Lipinski definition) is 0. The van der Waals surface area contributed by atoms with Gasteiger partial charge in [-0.15, -0.1) is 0 Å². The number of benzene rings is 2. The third-order valence-electron chi connectivity index (χ3n) is 4.46. The number of non-ortho nitro benzene ring substituents is 1. The lowest BCUT2D eigenvalue weighted by molar-refractivity contribution is -0.385. The number of nitro groups is 1. The highest BCUT2D eigenvalue weighted by Gasteiger charge is 2.17. The van der Waals surface area contributed by atoms with Crippen LogP contribution in [0.1, 0.15) is 18.4 Å². The third-order valence-corrected chi connectivity index (χ3v) is 5.27. The molecular weight excluding hydrogens is 476 g/mol. The normalized spacial score (nSPS) is 10.8. The van der Waals surface area contributed by atoms with E-state index in [0.29, 0.717) is 31.0 Å². The van der Waals surface area contributed by atoms with Gasteiger partial charge in [0, 0.05) is 17.4 Å². The van der Waals surface area contributed by atoms with E-state index in [1.807, 2.05) is 6.26 Å². The van der Waals surface area contributed by atoms with Crippen molar-refractivity contribution in [3.63, 3.8) is 0 Å². The molecule has 11 heteroatoms. The topological polar surface area (TPSA) is 87.4 Å². The SMILES string of the molecule is CSCc1cc(OCCCCOc2c(F)cccc2-c2nc(Cl)ncc2F)cc([N+](=O)[O-])c1. The van der Waals surface area contributed by atoms with Crippen molar-refractivity contribution >= 4 is 29.1 Å². The Hall–Kier alpha value is -2.98. The number of rotatable bonds is 11. The highest BCUT2D eigenvalue weighted by atomic mass is 35.5. The summed E-state index contributed by atoms with van der Waals surface area (Å²) in [6.45, 7) is 0.438. The molecule has 0 aliphatic rings. The molecule has 0 atom stereocenters. The monoisotopic (exact) mass is 495 g/mol. The van der Waals surface area contributed by atoms with Crippen molar-refractivity contribution in [1.82, 2.24) is 9.97 Å². The molecule has 0 bridgehead atoms. The highest BCUT2D eigenvalue weighted by molar-refractivity contribution is 7.97. The van der Waals surface area contributed by atoms with E-state index in [0.717, 1.165) is 11.8 Å². The van der Waals surface area contributed by atoms with E-state index < -0.39 is 16.6 Å². The standard InChI is InChI=1S/C22H20ClF2N3O4S/c1-33-13-14-9-15(28(29)30)11-16(10-14)31-7-2-3-8-32-21-17(5-4-6-18(21)24)20-19(25)12-26-22(23)27-20/h4-6,9-12H,2-3,7-8,13H2,1H3. The summed E-state index contributed by atoms with van der Waals surface area (Å²) >= 11 is 7.30. The molecule has 3 rings (SSSR count). The minimum atomic E-state index is -0.749. The zero-order chi connectivity index (χ0) is 23.8. The molecule has 0 saturated heterocycles. The van der Waals surface area contributed by atoms with Crippen LogP contribution < -0.4 is 9.47 Å². The maximum atomic E-state index is 14.4. The Balaban J connectivity index is 1.57. The van der Waals surface area contributed by atoms with Gasteiger partial charge in [0.2, 0.25) is 5.28 Å². The molecule has 0 saturated carbocycles. The molecule has 0 amide bonds. The Kier molecular flexibility index (Phi) is 8.79. The number of nitro benzene ring substituents is 1. The van der Waals surface area contributed by atoms with Crippen LogP contribution in [0.15, 0.2) is 42.6 Å². The van der Waals surface area contributed by atoms with Gasteiger partial charge in [0.1, 0.15) is 11.4 Å². The van der Waals surface area contributed by atoms with E-state index in [4.69, 9.17) is 21.1 Å². The highest BCUT2D eigenvalue weighted by Crippen LogP contribution is 2.33. The number of halogens is 3. The first kappa shape index (κ1) is 24.7. The predicted molar refractivity (Wildman–Crippen MR) is 123 cm³/mol. The lowest BCUT2D eigenvalue weighted by Crippen LogP contribution is -2.05. The second-order valence-corrected chi connectivity index (χ2v) is 8.09. The van der Waals surface area contributed by atoms with Crippen LogP contribution in [-0.4, -0.2) is 34.4 Å². The lowest BCUT2D eigenvalue weighted by atomic mass is 10.1. The zero-order valence-corrected chi connectivity index (χ0v) is 19.2. The minimum absolute atomic E-state index is 0.0241. The number of aromatic nitrogens is 2. The van der Waals surface area contributed by atoms with Crippen LogP contribution >= 0.6 is 23.4 Å². The van der Waals surface area contributed by atoms with Gasteiger partial charge in [-0.2, -0.15) is 11.8 Å². The van der Waals surface area contributed by atoms with Gasteiger partial charge in [-0.25, -0.2) is 18.7 Å². The second-order valence-electron chi connectivity index (χ2n) is 6.88. The summed E-state index contributed by atoms with van der Waals surface area (Å²) in [5.74, 6) is -0.486. The third kappa shape index (κ3) is 6.75. The van der Waals surface area contributed by atoms with Crippen molar-refractivity contribution in [2.75, 3.05) is 19.5 Å². The Morgan fingerprint density at radius 1 is 1.12 bits per heavy atom. The molecular formula is C22H20ClF2N3O4S. The van der Waals surface area contributed by atoms with Gasteiger partial charge in [-0.3, -0.25) is 10.1 Å². The second kappa shape index (κ2) is 11.8. The maximum Gasteiger partial charge on any atom is 0.273 e. The van der Waals surface area contributed by atoms with Crippen molar-refractivity contribution in [3.8, 4) is 22.8 Å². The predicted octanol–water partition coefficient (Wildman–Crippen LogP) is 6.08. The maximum absolute atomic E-state index is 14.4. The fraction of sp³-hybridized carbons (Fsp3) is 0.273. The number of ether oxygens (including phenoxy) is 2. The summed E-state index contributed by atoms with van der Waals surface area (Å²) in [5, 5.41) is 10.9. The molecule has 0 N–H and O–H groups in total. The first-order valence-corrected chi connectivity index (χ1v) is 11.7. The molecule has 174 valence electrons. The first-order valence-electron chi connectivity index (χ1n) is 9.89. The van der Waals surface area contributed by atoms with E-state index in [1.54, 1.807) is 17.8 Å². The zero-order valence-electron chi connectivity index (χ0n) is 17.6. The fourth-order valence-electron chi connectivity index (χ4n) is 3.03. The van der Waals surface area contributed by atoms with Gasteiger partial charge in [-0.05, 0) is 54.5 Å². The van der Waals surface area contributed by atoms with Gasteiger partial charge < -0.3 is 9.47 Å². The van der Waals surface area contributed by atoms with Crippen LogP contribution in [-0.2, 0) is 5.75 Å². The molecule has 2 aromatic carbocycles. The average molecular weight is 496 g/mol. The Bertz CT molecular complexity index is 1140.